The van der Waals surface area contributed by atoms with E-state index in [0.29, 0.717) is 10.8 Å². The topological polar surface area (TPSA) is 62.1 Å². The van der Waals surface area contributed by atoms with Crippen molar-refractivity contribution in [3.8, 4) is 11.8 Å². The summed E-state index contributed by atoms with van der Waals surface area (Å²) in [5.74, 6) is 0.322. The minimum atomic E-state index is -0.914. The maximum atomic E-state index is 12.3. The third-order valence-corrected chi connectivity index (χ3v) is 4.08. The monoisotopic (exact) mass is 322 g/mol. The van der Waals surface area contributed by atoms with Crippen molar-refractivity contribution in [2.45, 2.75) is 52.7 Å². The third kappa shape index (κ3) is 4.38. The molecule has 0 fully saturated rings. The molecule has 0 saturated heterocycles. The van der Waals surface area contributed by atoms with Crippen LogP contribution in [0.4, 0.5) is 0 Å². The second kappa shape index (κ2) is 7.51. The molecule has 1 aromatic carbocycles. The van der Waals surface area contributed by atoms with Crippen molar-refractivity contribution in [1.82, 2.24) is 5.32 Å². The molecule has 22 heavy (non-hydrogen) atoms. The Morgan fingerprint density at radius 1 is 1.45 bits per heavy atom. The predicted octanol–water partition coefficient (Wildman–Crippen LogP) is 3.72. The molecule has 0 aliphatic heterocycles. The van der Waals surface area contributed by atoms with Crippen molar-refractivity contribution in [3.05, 3.63) is 28.8 Å². The van der Waals surface area contributed by atoms with Crippen LogP contribution in [0.25, 0.3) is 0 Å². The van der Waals surface area contributed by atoms with Gasteiger partial charge < -0.3 is 10.1 Å². The Labute approximate surface area is 137 Å². The minimum Gasteiger partial charge on any atom is -0.481 e. The fourth-order valence-electron chi connectivity index (χ4n) is 1.84. The van der Waals surface area contributed by atoms with Crippen LogP contribution in [0.3, 0.4) is 0 Å². The molecule has 0 aliphatic rings. The van der Waals surface area contributed by atoms with Crippen molar-refractivity contribution in [2.75, 3.05) is 0 Å². The number of carbonyl (C=O) groups is 1. The quantitative estimate of drug-likeness (QED) is 0.868. The van der Waals surface area contributed by atoms with Crippen molar-refractivity contribution in [1.29, 1.82) is 5.26 Å². The van der Waals surface area contributed by atoms with Gasteiger partial charge in [0.25, 0.3) is 5.91 Å². The number of ether oxygens (including phenoxy) is 1. The first-order valence-electron chi connectivity index (χ1n) is 7.41. The number of aryl methyl sites for hydroxylation is 1. The maximum Gasteiger partial charge on any atom is 0.262 e. The summed E-state index contributed by atoms with van der Waals surface area (Å²) in [7, 11) is 0. The summed E-state index contributed by atoms with van der Waals surface area (Å²) in [4.78, 5) is 12.3. The van der Waals surface area contributed by atoms with Gasteiger partial charge in [0.15, 0.2) is 6.10 Å². The lowest BCUT2D eigenvalue weighted by Gasteiger charge is -2.29. The number of hydrogen-bond donors (Lipinski definition) is 1. The van der Waals surface area contributed by atoms with Gasteiger partial charge in [0.2, 0.25) is 0 Å². The van der Waals surface area contributed by atoms with E-state index in [1.165, 1.54) is 0 Å². The highest BCUT2D eigenvalue weighted by Gasteiger charge is 2.32. The van der Waals surface area contributed by atoms with Gasteiger partial charge in [0.1, 0.15) is 11.3 Å². The van der Waals surface area contributed by atoms with Gasteiger partial charge in [-0.1, -0.05) is 32.4 Å². The molecule has 0 spiro atoms. The van der Waals surface area contributed by atoms with Crippen LogP contribution in [0.2, 0.25) is 5.02 Å². The summed E-state index contributed by atoms with van der Waals surface area (Å²) < 4.78 is 5.74. The molecule has 0 aliphatic carbocycles. The van der Waals surface area contributed by atoms with E-state index in [1.807, 2.05) is 26.8 Å². The SMILES string of the molecule is CCc1cc(Cl)ccc1OC(C)C(=O)NC(C)(C#N)C(C)C. The Morgan fingerprint density at radius 2 is 2.09 bits per heavy atom. The van der Waals surface area contributed by atoms with Gasteiger partial charge in [-0.15, -0.1) is 0 Å². The lowest BCUT2D eigenvalue weighted by Crippen LogP contribution is -2.52. The van der Waals surface area contributed by atoms with Gasteiger partial charge in [-0.25, -0.2) is 0 Å². The summed E-state index contributed by atoms with van der Waals surface area (Å²) in [5.41, 5.74) is 0.0292. The molecule has 4 nitrogen and oxygen atoms in total. The van der Waals surface area contributed by atoms with Crippen LogP contribution in [0.5, 0.6) is 5.75 Å². The molecule has 0 bridgehead atoms. The fraction of sp³-hybridized carbons (Fsp3) is 0.529. The number of carbonyl (C=O) groups excluding carboxylic acids is 1. The van der Waals surface area contributed by atoms with Crippen molar-refractivity contribution in [2.24, 2.45) is 5.92 Å². The van der Waals surface area contributed by atoms with Crippen LogP contribution >= 0.6 is 11.6 Å². The number of rotatable bonds is 6. The Kier molecular flexibility index (Phi) is 6.25. The molecule has 1 rings (SSSR count). The van der Waals surface area contributed by atoms with Gasteiger partial charge >= 0.3 is 0 Å². The van der Waals surface area contributed by atoms with Crippen molar-refractivity contribution < 1.29 is 9.53 Å². The molecule has 1 aromatic rings. The highest BCUT2D eigenvalue weighted by atomic mass is 35.5. The van der Waals surface area contributed by atoms with E-state index >= 15 is 0 Å². The van der Waals surface area contributed by atoms with E-state index in [4.69, 9.17) is 16.3 Å². The molecule has 0 heterocycles. The molecule has 2 unspecified atom stereocenters. The smallest absolute Gasteiger partial charge is 0.262 e. The Bertz CT molecular complexity index is 581. The zero-order valence-electron chi connectivity index (χ0n) is 13.7. The zero-order chi connectivity index (χ0) is 16.9. The minimum absolute atomic E-state index is 0.00427. The number of nitriles is 1. The molecule has 0 radical (unpaired) electrons. The Hall–Kier alpha value is -1.73. The average Bonchev–Trinajstić information content (AvgIpc) is 2.48. The molecule has 1 amide bonds. The number of nitrogens with zero attached hydrogens (tertiary/aromatic N) is 1. The normalized spacial score (nSPS) is 14.8. The first-order valence-corrected chi connectivity index (χ1v) is 7.79. The number of benzene rings is 1. The molecule has 5 heteroatoms. The van der Waals surface area contributed by atoms with Crippen LogP contribution in [0.1, 0.15) is 40.2 Å². The van der Waals surface area contributed by atoms with Gasteiger partial charge in [0.05, 0.1) is 6.07 Å². The summed E-state index contributed by atoms with van der Waals surface area (Å²) in [5, 5.41) is 12.7. The number of amides is 1. The van der Waals surface area contributed by atoms with Gasteiger partial charge in [-0.3, -0.25) is 4.79 Å². The molecule has 2 atom stereocenters. The van der Waals surface area contributed by atoms with E-state index in [2.05, 4.69) is 11.4 Å². The second-order valence-corrected chi connectivity index (χ2v) is 6.26. The first kappa shape index (κ1) is 18.3. The van der Waals surface area contributed by atoms with E-state index < -0.39 is 11.6 Å². The Morgan fingerprint density at radius 3 is 2.59 bits per heavy atom. The van der Waals surface area contributed by atoms with Gasteiger partial charge in [0, 0.05) is 5.02 Å². The first-order chi connectivity index (χ1) is 10.2. The predicted molar refractivity (Wildman–Crippen MR) is 87.9 cm³/mol. The van der Waals surface area contributed by atoms with Crippen molar-refractivity contribution >= 4 is 17.5 Å². The standard InChI is InChI=1S/C17H23ClN2O2/c1-6-13-9-14(18)7-8-15(13)22-12(4)16(21)20-17(5,10-19)11(2)3/h7-9,11-12H,6H2,1-5H3,(H,20,21). The molecule has 120 valence electrons. The number of hydrogen-bond acceptors (Lipinski definition) is 3. The van der Waals surface area contributed by atoms with E-state index in [-0.39, 0.29) is 11.8 Å². The Balaban J connectivity index is 2.83. The van der Waals surface area contributed by atoms with Crippen LogP contribution in [0, 0.1) is 17.2 Å². The van der Waals surface area contributed by atoms with E-state index in [0.717, 1.165) is 12.0 Å². The highest BCUT2D eigenvalue weighted by molar-refractivity contribution is 6.30. The van der Waals surface area contributed by atoms with E-state index in [9.17, 15) is 10.1 Å². The second-order valence-electron chi connectivity index (χ2n) is 5.82. The van der Waals surface area contributed by atoms with E-state index in [1.54, 1.807) is 26.0 Å². The van der Waals surface area contributed by atoms with Gasteiger partial charge in [-0.2, -0.15) is 5.26 Å². The summed E-state index contributed by atoms with van der Waals surface area (Å²) in [6.45, 7) is 9.16. The number of nitrogens with one attached hydrogen (secondary N) is 1. The summed E-state index contributed by atoms with van der Waals surface area (Å²) in [6.07, 6.45) is 0.0597. The zero-order valence-corrected chi connectivity index (χ0v) is 14.5. The van der Waals surface area contributed by atoms with Crippen LogP contribution in [-0.4, -0.2) is 17.6 Å². The third-order valence-electron chi connectivity index (χ3n) is 3.85. The molecular formula is C17H23ClN2O2. The van der Waals surface area contributed by atoms with Crippen molar-refractivity contribution in [3.63, 3.8) is 0 Å². The van der Waals surface area contributed by atoms with Crippen LogP contribution in [-0.2, 0) is 11.2 Å². The van der Waals surface area contributed by atoms with Crippen LogP contribution < -0.4 is 10.1 Å². The summed E-state index contributed by atoms with van der Waals surface area (Å²) >= 11 is 5.96. The number of halogens is 1. The lowest BCUT2D eigenvalue weighted by molar-refractivity contribution is -0.129. The van der Waals surface area contributed by atoms with Gasteiger partial charge in [-0.05, 0) is 49.9 Å². The highest BCUT2D eigenvalue weighted by Crippen LogP contribution is 2.24. The lowest BCUT2D eigenvalue weighted by atomic mass is 9.90. The molecule has 1 N–H and O–H groups in total. The molecule has 0 aromatic heterocycles. The fourth-order valence-corrected chi connectivity index (χ4v) is 2.04. The largest absolute Gasteiger partial charge is 0.481 e. The maximum absolute atomic E-state index is 12.3. The van der Waals surface area contributed by atoms with Crippen LogP contribution in [0.15, 0.2) is 18.2 Å². The summed E-state index contributed by atoms with van der Waals surface area (Å²) in [6, 6.07) is 7.47. The molecular weight excluding hydrogens is 300 g/mol. The average molecular weight is 323 g/mol. The molecule has 0 saturated carbocycles.